The molecular weight excluding hydrogens is 181 g/mol. The zero-order chi connectivity index (χ0) is 10.2. The highest BCUT2D eigenvalue weighted by molar-refractivity contribution is 5.41. The first-order valence-corrected chi connectivity index (χ1v) is 4.51. The fourth-order valence-corrected chi connectivity index (χ4v) is 1.87. The first kappa shape index (κ1) is 9.17. The van der Waals surface area contributed by atoms with Crippen LogP contribution in [-0.2, 0) is 5.41 Å². The van der Waals surface area contributed by atoms with Crippen LogP contribution in [0.5, 0.6) is 0 Å². The molecule has 0 spiro atoms. The zero-order valence-electron chi connectivity index (χ0n) is 7.57. The molecule has 3 heteroatoms. The van der Waals surface area contributed by atoms with Crippen LogP contribution in [0.1, 0.15) is 12.0 Å². The molecule has 1 N–H and O–H groups in total. The van der Waals surface area contributed by atoms with E-state index in [2.05, 4.69) is 6.07 Å². The molecule has 1 fully saturated rings. The minimum Gasteiger partial charge on any atom is -0.396 e. The predicted molar refractivity (Wildman–Crippen MR) is 48.9 cm³/mol. The molecular formula is C11H10FNO. The van der Waals surface area contributed by atoms with Gasteiger partial charge in [-0.25, -0.2) is 4.39 Å². The van der Waals surface area contributed by atoms with Gasteiger partial charge in [0.2, 0.25) is 0 Å². The molecule has 0 radical (unpaired) electrons. The summed E-state index contributed by atoms with van der Waals surface area (Å²) in [5.41, 5.74) is 0.0377. The van der Waals surface area contributed by atoms with E-state index in [1.54, 1.807) is 12.1 Å². The molecule has 14 heavy (non-hydrogen) atoms. The molecule has 0 aliphatic heterocycles. The third-order valence-corrected chi connectivity index (χ3v) is 2.86. The minimum absolute atomic E-state index is 0.00985. The first-order chi connectivity index (χ1) is 6.73. The van der Waals surface area contributed by atoms with Crippen molar-refractivity contribution < 1.29 is 9.50 Å². The molecule has 1 saturated carbocycles. The Hall–Kier alpha value is -1.40. The summed E-state index contributed by atoms with van der Waals surface area (Å²) in [5, 5.41) is 18.0. The van der Waals surface area contributed by atoms with E-state index in [0.29, 0.717) is 12.0 Å². The highest BCUT2D eigenvalue weighted by Crippen LogP contribution is 2.53. The minimum atomic E-state index is -0.642. The van der Waals surface area contributed by atoms with Crippen LogP contribution in [0.25, 0.3) is 0 Å². The maximum Gasteiger partial charge on any atom is 0.123 e. The van der Waals surface area contributed by atoms with Crippen molar-refractivity contribution in [1.29, 1.82) is 5.26 Å². The van der Waals surface area contributed by atoms with Crippen molar-refractivity contribution in [2.24, 2.45) is 5.92 Å². The second-order valence-corrected chi connectivity index (χ2v) is 3.68. The second-order valence-electron chi connectivity index (χ2n) is 3.68. The van der Waals surface area contributed by atoms with Crippen molar-refractivity contribution in [3.05, 3.63) is 35.6 Å². The summed E-state index contributed by atoms with van der Waals surface area (Å²) < 4.78 is 12.9. The Balaban J connectivity index is 2.36. The highest BCUT2D eigenvalue weighted by Gasteiger charge is 2.55. The molecule has 0 bridgehead atoms. The van der Waals surface area contributed by atoms with Crippen LogP contribution in [0.4, 0.5) is 4.39 Å². The molecule has 2 unspecified atom stereocenters. The number of nitrogens with zero attached hydrogens (tertiary/aromatic N) is 1. The average molecular weight is 191 g/mol. The molecule has 72 valence electrons. The van der Waals surface area contributed by atoms with Crippen LogP contribution in [-0.4, -0.2) is 11.7 Å². The quantitative estimate of drug-likeness (QED) is 0.771. The Labute approximate surface area is 81.6 Å². The molecule has 0 amide bonds. The van der Waals surface area contributed by atoms with E-state index in [0.717, 1.165) is 0 Å². The maximum atomic E-state index is 12.9. The first-order valence-electron chi connectivity index (χ1n) is 4.51. The van der Waals surface area contributed by atoms with Crippen molar-refractivity contribution in [3.8, 4) is 6.07 Å². The monoisotopic (exact) mass is 191 g/mol. The predicted octanol–water partition coefficient (Wildman–Crippen LogP) is 1.60. The van der Waals surface area contributed by atoms with E-state index in [9.17, 15) is 4.39 Å². The molecule has 2 rings (SSSR count). The number of nitriles is 1. The number of aliphatic hydroxyl groups is 1. The summed E-state index contributed by atoms with van der Waals surface area (Å²) in [6.07, 6.45) is 0.628. The Morgan fingerprint density at radius 1 is 1.64 bits per heavy atom. The lowest BCUT2D eigenvalue weighted by Crippen LogP contribution is -2.09. The summed E-state index contributed by atoms with van der Waals surface area (Å²) in [7, 11) is 0. The average Bonchev–Trinajstić information content (AvgIpc) is 2.93. The smallest absolute Gasteiger partial charge is 0.123 e. The third-order valence-electron chi connectivity index (χ3n) is 2.86. The number of aliphatic hydroxyl groups excluding tert-OH is 1. The van der Waals surface area contributed by atoms with E-state index in [-0.39, 0.29) is 18.3 Å². The number of halogens is 1. The maximum absolute atomic E-state index is 12.9. The molecule has 1 aromatic carbocycles. The van der Waals surface area contributed by atoms with Crippen molar-refractivity contribution in [3.63, 3.8) is 0 Å². The number of benzene rings is 1. The number of rotatable bonds is 2. The largest absolute Gasteiger partial charge is 0.396 e. The van der Waals surface area contributed by atoms with Gasteiger partial charge in [0.25, 0.3) is 0 Å². The van der Waals surface area contributed by atoms with E-state index < -0.39 is 5.41 Å². The van der Waals surface area contributed by atoms with Gasteiger partial charge in [0.05, 0.1) is 11.5 Å². The molecule has 1 aliphatic carbocycles. The standard InChI is InChI=1S/C11H10FNO/c12-10-3-1-2-8(4-10)11(7-13)5-9(11)6-14/h1-4,9,14H,5-6H2. The van der Waals surface area contributed by atoms with Crippen LogP contribution in [0, 0.1) is 23.1 Å². The molecule has 1 aromatic rings. The third kappa shape index (κ3) is 1.19. The molecule has 2 nitrogen and oxygen atoms in total. The lowest BCUT2D eigenvalue weighted by Gasteiger charge is -2.07. The molecule has 2 atom stereocenters. The van der Waals surface area contributed by atoms with Gasteiger partial charge < -0.3 is 5.11 Å². The van der Waals surface area contributed by atoms with Gasteiger partial charge in [0, 0.05) is 12.5 Å². The van der Waals surface area contributed by atoms with E-state index in [1.807, 2.05) is 0 Å². The molecule has 0 aromatic heterocycles. The Kier molecular flexibility index (Phi) is 2.01. The van der Waals surface area contributed by atoms with Crippen molar-refractivity contribution >= 4 is 0 Å². The number of hydrogen-bond acceptors (Lipinski definition) is 2. The van der Waals surface area contributed by atoms with Crippen molar-refractivity contribution in [2.75, 3.05) is 6.61 Å². The molecule has 1 aliphatic rings. The zero-order valence-corrected chi connectivity index (χ0v) is 7.57. The summed E-state index contributed by atoms with van der Waals surface area (Å²) in [6.45, 7) is -0.00985. The SMILES string of the molecule is N#CC1(c2cccc(F)c2)CC1CO. The van der Waals surface area contributed by atoms with Crippen molar-refractivity contribution in [2.45, 2.75) is 11.8 Å². The van der Waals surface area contributed by atoms with Gasteiger partial charge in [-0.15, -0.1) is 0 Å². The van der Waals surface area contributed by atoms with Gasteiger partial charge in [-0.2, -0.15) is 5.26 Å². The van der Waals surface area contributed by atoms with Gasteiger partial charge in [-0.05, 0) is 24.1 Å². The van der Waals surface area contributed by atoms with Gasteiger partial charge in [-0.3, -0.25) is 0 Å². The molecule has 0 heterocycles. The second kappa shape index (κ2) is 3.07. The Morgan fingerprint density at radius 2 is 2.43 bits per heavy atom. The van der Waals surface area contributed by atoms with Crippen LogP contribution >= 0.6 is 0 Å². The summed E-state index contributed by atoms with van der Waals surface area (Å²) in [5.74, 6) is -0.366. The van der Waals surface area contributed by atoms with Gasteiger partial charge >= 0.3 is 0 Å². The topological polar surface area (TPSA) is 44.0 Å². The number of hydrogen-bond donors (Lipinski definition) is 1. The Bertz CT molecular complexity index is 399. The van der Waals surface area contributed by atoms with Crippen LogP contribution in [0.3, 0.4) is 0 Å². The van der Waals surface area contributed by atoms with E-state index in [1.165, 1.54) is 12.1 Å². The highest BCUT2D eigenvalue weighted by atomic mass is 19.1. The van der Waals surface area contributed by atoms with Crippen LogP contribution < -0.4 is 0 Å². The van der Waals surface area contributed by atoms with Gasteiger partial charge in [0.15, 0.2) is 0 Å². The normalized spacial score (nSPS) is 29.6. The lowest BCUT2D eigenvalue weighted by atomic mass is 9.95. The fraction of sp³-hybridized carbons (Fsp3) is 0.364. The van der Waals surface area contributed by atoms with E-state index >= 15 is 0 Å². The summed E-state index contributed by atoms with van der Waals surface area (Å²) in [4.78, 5) is 0. The summed E-state index contributed by atoms with van der Waals surface area (Å²) >= 11 is 0. The van der Waals surface area contributed by atoms with Gasteiger partial charge in [0.1, 0.15) is 5.82 Å². The lowest BCUT2D eigenvalue weighted by molar-refractivity contribution is 0.269. The fourth-order valence-electron chi connectivity index (χ4n) is 1.87. The molecule has 0 saturated heterocycles. The van der Waals surface area contributed by atoms with Crippen molar-refractivity contribution in [1.82, 2.24) is 0 Å². The summed E-state index contributed by atoms with van der Waals surface area (Å²) in [6, 6.07) is 8.23. The van der Waals surface area contributed by atoms with Gasteiger partial charge in [-0.1, -0.05) is 12.1 Å². The van der Waals surface area contributed by atoms with Crippen LogP contribution in [0.2, 0.25) is 0 Å². The van der Waals surface area contributed by atoms with Crippen LogP contribution in [0.15, 0.2) is 24.3 Å². The Morgan fingerprint density at radius 3 is 2.93 bits per heavy atom. The van der Waals surface area contributed by atoms with E-state index in [4.69, 9.17) is 10.4 Å².